The Labute approximate surface area is 255 Å². The van der Waals surface area contributed by atoms with E-state index in [1.807, 2.05) is 0 Å². The third kappa shape index (κ3) is 8.07. The molecule has 0 aromatic carbocycles. The lowest BCUT2D eigenvalue weighted by Gasteiger charge is -2.34. The molecule has 2 aromatic heterocycles. The highest BCUT2D eigenvalue weighted by Crippen LogP contribution is 2.51. The SMILES string of the molecule is COc1ncc(C(F)(F)F)cc1CO[C@H]1[C@H](C(C)(C)C)[C@@H](C(=O)O)N(C(=O)OC(C)C(F)(F)F)[C@H]1c1cccnc1OC(C)C. The van der Waals surface area contributed by atoms with Gasteiger partial charge in [-0.2, -0.15) is 26.3 Å². The number of pyridine rings is 2. The number of methoxy groups -OCH3 is 1. The van der Waals surface area contributed by atoms with Gasteiger partial charge in [0.05, 0.1) is 37.5 Å². The number of nitrogens with zero attached hydrogens (tertiary/aromatic N) is 3. The minimum Gasteiger partial charge on any atom is -0.481 e. The lowest BCUT2D eigenvalue weighted by atomic mass is 9.73. The van der Waals surface area contributed by atoms with Crippen molar-refractivity contribution in [1.82, 2.24) is 14.9 Å². The number of aromatic nitrogens is 2. The summed E-state index contributed by atoms with van der Waals surface area (Å²) in [5.74, 6) is -2.99. The first-order valence-corrected chi connectivity index (χ1v) is 13.8. The Bertz CT molecular complexity index is 1360. The zero-order valence-electron chi connectivity index (χ0n) is 25.6. The first-order chi connectivity index (χ1) is 20.7. The molecule has 10 nitrogen and oxygen atoms in total. The number of hydrogen-bond donors (Lipinski definition) is 1. The largest absolute Gasteiger partial charge is 0.481 e. The number of likely N-dealkylation sites (tertiary alicyclic amines) is 1. The van der Waals surface area contributed by atoms with E-state index < -0.39 is 78.3 Å². The summed E-state index contributed by atoms with van der Waals surface area (Å²) >= 11 is 0. The van der Waals surface area contributed by atoms with E-state index in [-0.39, 0.29) is 22.9 Å². The summed E-state index contributed by atoms with van der Waals surface area (Å²) in [7, 11) is 1.18. The molecule has 5 atom stereocenters. The van der Waals surface area contributed by atoms with Gasteiger partial charge >= 0.3 is 24.4 Å². The van der Waals surface area contributed by atoms with Gasteiger partial charge in [0.25, 0.3) is 0 Å². The molecule has 3 rings (SSSR count). The van der Waals surface area contributed by atoms with E-state index in [9.17, 15) is 41.0 Å². The van der Waals surface area contributed by atoms with Crippen LogP contribution in [0.1, 0.15) is 64.3 Å². The quantitative estimate of drug-likeness (QED) is 0.306. The fraction of sp³-hybridized carbons (Fsp3) is 0.586. The third-order valence-corrected chi connectivity index (χ3v) is 7.15. The van der Waals surface area contributed by atoms with E-state index in [0.717, 1.165) is 6.07 Å². The van der Waals surface area contributed by atoms with Gasteiger partial charge in [-0.05, 0) is 44.4 Å². The van der Waals surface area contributed by atoms with Crippen LogP contribution < -0.4 is 9.47 Å². The third-order valence-electron chi connectivity index (χ3n) is 7.15. The molecule has 250 valence electrons. The van der Waals surface area contributed by atoms with Crippen molar-refractivity contribution in [2.45, 2.75) is 90.9 Å². The molecule has 1 amide bonds. The Morgan fingerprint density at radius 2 is 1.69 bits per heavy atom. The highest BCUT2D eigenvalue weighted by Gasteiger charge is 2.60. The topological polar surface area (TPSA) is 120 Å². The number of hydrogen-bond acceptors (Lipinski definition) is 8. The molecule has 0 spiro atoms. The average Bonchev–Trinajstić information content (AvgIpc) is 3.26. The van der Waals surface area contributed by atoms with Crippen molar-refractivity contribution in [3.05, 3.63) is 47.3 Å². The highest BCUT2D eigenvalue weighted by molar-refractivity contribution is 5.82. The molecule has 16 heteroatoms. The van der Waals surface area contributed by atoms with Gasteiger partial charge in [0.2, 0.25) is 11.8 Å². The Balaban J connectivity index is 2.25. The number of alkyl halides is 6. The lowest BCUT2D eigenvalue weighted by molar-refractivity contribution is -0.200. The standard InChI is InChI=1S/C29H35F6N3O7/c1-14(2)44-24-18(9-8-10-36-24)20-22(43-13-16-11-17(29(33,34)35)12-37-23(16)42-7)19(27(4,5)6)21(25(39)40)38(20)26(41)45-15(3)28(30,31)32/h8-12,14-15,19-22H,13H2,1-7H3,(H,39,40)/t15?,19-,20+,21+,22+/m1/s1. The summed E-state index contributed by atoms with van der Waals surface area (Å²) in [5, 5.41) is 10.4. The second-order valence-corrected chi connectivity index (χ2v) is 11.8. The summed E-state index contributed by atoms with van der Waals surface area (Å²) in [4.78, 5) is 34.9. The van der Waals surface area contributed by atoms with Crippen LogP contribution in [0.4, 0.5) is 31.1 Å². The number of aliphatic carboxylic acids is 1. The predicted molar refractivity (Wildman–Crippen MR) is 145 cm³/mol. The van der Waals surface area contributed by atoms with Gasteiger partial charge in [-0.1, -0.05) is 20.8 Å². The van der Waals surface area contributed by atoms with E-state index in [0.29, 0.717) is 18.0 Å². The van der Waals surface area contributed by atoms with Crippen molar-refractivity contribution < 1.29 is 60.0 Å². The van der Waals surface area contributed by atoms with E-state index >= 15 is 0 Å². The highest BCUT2D eigenvalue weighted by atomic mass is 19.4. The van der Waals surface area contributed by atoms with Crippen LogP contribution in [0.2, 0.25) is 0 Å². The van der Waals surface area contributed by atoms with Crippen LogP contribution >= 0.6 is 0 Å². The predicted octanol–water partition coefficient (Wildman–Crippen LogP) is 6.44. The van der Waals surface area contributed by atoms with Gasteiger partial charge in [-0.3, -0.25) is 4.90 Å². The maximum Gasteiger partial charge on any atom is 0.425 e. The molecule has 2 aromatic rings. The first kappa shape index (κ1) is 35.7. The van der Waals surface area contributed by atoms with E-state index in [1.54, 1.807) is 34.6 Å². The maximum absolute atomic E-state index is 13.6. The second-order valence-electron chi connectivity index (χ2n) is 11.8. The molecule has 3 heterocycles. The zero-order chi connectivity index (χ0) is 34.1. The molecule has 0 bridgehead atoms. The molecule has 1 aliphatic rings. The number of carbonyl (C=O) groups is 2. The molecule has 1 N–H and O–H groups in total. The summed E-state index contributed by atoms with van der Waals surface area (Å²) < 4.78 is 103. The van der Waals surface area contributed by atoms with Gasteiger partial charge in [-0.25, -0.2) is 19.6 Å². The number of halogens is 6. The normalized spacial score (nSPS) is 21.5. The van der Waals surface area contributed by atoms with Crippen LogP contribution in [0.15, 0.2) is 30.6 Å². The fourth-order valence-electron chi connectivity index (χ4n) is 5.22. The number of carboxylic acid groups (broad SMARTS) is 1. The number of carboxylic acids is 1. The van der Waals surface area contributed by atoms with Crippen molar-refractivity contribution in [3.63, 3.8) is 0 Å². The van der Waals surface area contributed by atoms with Gasteiger partial charge < -0.3 is 24.1 Å². The van der Waals surface area contributed by atoms with Gasteiger partial charge in [-0.15, -0.1) is 0 Å². The molecular weight excluding hydrogens is 616 g/mol. The van der Waals surface area contributed by atoms with Crippen LogP contribution in [0.5, 0.6) is 11.8 Å². The summed E-state index contributed by atoms with van der Waals surface area (Å²) in [5.41, 5.74) is -2.18. The number of amides is 1. The molecular formula is C29H35F6N3O7. The monoisotopic (exact) mass is 651 g/mol. The molecule has 0 aliphatic carbocycles. The zero-order valence-corrected chi connectivity index (χ0v) is 25.6. The summed E-state index contributed by atoms with van der Waals surface area (Å²) in [6, 6.07) is 0.360. The first-order valence-electron chi connectivity index (χ1n) is 13.8. The van der Waals surface area contributed by atoms with Crippen LogP contribution in [-0.4, -0.2) is 69.7 Å². The van der Waals surface area contributed by atoms with Crippen LogP contribution in [-0.2, 0) is 27.1 Å². The fourth-order valence-corrected chi connectivity index (χ4v) is 5.22. The number of carbonyl (C=O) groups excluding carboxylic acids is 1. The lowest BCUT2D eigenvalue weighted by Crippen LogP contribution is -2.48. The Hall–Kier alpha value is -3.82. The van der Waals surface area contributed by atoms with Crippen molar-refractivity contribution in [2.24, 2.45) is 11.3 Å². The molecule has 0 saturated carbocycles. The van der Waals surface area contributed by atoms with E-state index in [4.69, 9.17) is 18.9 Å². The second kappa shape index (κ2) is 13.3. The average molecular weight is 652 g/mol. The van der Waals surface area contributed by atoms with Gasteiger partial charge in [0, 0.05) is 29.4 Å². The number of ether oxygens (including phenoxy) is 4. The molecule has 45 heavy (non-hydrogen) atoms. The van der Waals surface area contributed by atoms with Gasteiger partial charge in [0.15, 0.2) is 6.10 Å². The molecule has 1 fully saturated rings. The van der Waals surface area contributed by atoms with Crippen LogP contribution in [0, 0.1) is 11.3 Å². The minimum absolute atomic E-state index is 0.0650. The van der Waals surface area contributed by atoms with Crippen molar-refractivity contribution >= 4 is 12.1 Å². The molecule has 0 radical (unpaired) electrons. The summed E-state index contributed by atoms with van der Waals surface area (Å²) in [6.45, 7) is 8.23. The van der Waals surface area contributed by atoms with Crippen molar-refractivity contribution in [3.8, 4) is 11.8 Å². The smallest absolute Gasteiger partial charge is 0.425 e. The van der Waals surface area contributed by atoms with Crippen LogP contribution in [0.3, 0.4) is 0 Å². The Kier molecular flexibility index (Phi) is 10.5. The molecule has 1 unspecified atom stereocenters. The Morgan fingerprint density at radius 1 is 1.04 bits per heavy atom. The summed E-state index contributed by atoms with van der Waals surface area (Å²) in [6.07, 6.45) is -13.8. The van der Waals surface area contributed by atoms with Crippen LogP contribution in [0.25, 0.3) is 0 Å². The molecule has 1 saturated heterocycles. The van der Waals surface area contributed by atoms with Crippen molar-refractivity contribution in [1.29, 1.82) is 0 Å². The maximum atomic E-state index is 13.6. The molecule has 1 aliphatic heterocycles. The number of rotatable bonds is 9. The van der Waals surface area contributed by atoms with Crippen molar-refractivity contribution in [2.75, 3.05) is 7.11 Å². The van der Waals surface area contributed by atoms with E-state index in [2.05, 4.69) is 9.97 Å². The minimum atomic E-state index is -4.96. The van der Waals surface area contributed by atoms with E-state index in [1.165, 1.54) is 25.4 Å². The van der Waals surface area contributed by atoms with Gasteiger partial charge in [0.1, 0.15) is 6.04 Å². The Morgan fingerprint density at radius 3 is 2.20 bits per heavy atom.